The first-order valence-electron chi connectivity index (χ1n) is 5.18. The van der Waals surface area contributed by atoms with Gasteiger partial charge >= 0.3 is 0 Å². The molecule has 1 heterocycles. The molecule has 0 bridgehead atoms. The fourth-order valence-corrected chi connectivity index (χ4v) is 1.96. The molecule has 0 aliphatic rings. The van der Waals surface area contributed by atoms with Gasteiger partial charge in [0.25, 0.3) is 0 Å². The van der Waals surface area contributed by atoms with Gasteiger partial charge in [-0.2, -0.15) is 0 Å². The normalized spacial score (nSPS) is 12.5. The van der Waals surface area contributed by atoms with Crippen LogP contribution >= 0.6 is 27.5 Å². The molecule has 0 aliphatic heterocycles. The van der Waals surface area contributed by atoms with Crippen molar-refractivity contribution >= 4 is 27.5 Å². The number of hydrogen-bond acceptors (Lipinski definition) is 3. The summed E-state index contributed by atoms with van der Waals surface area (Å²) in [4.78, 5) is 8.18. The van der Waals surface area contributed by atoms with Gasteiger partial charge in [-0.1, -0.05) is 17.7 Å². The number of benzene rings is 1. The summed E-state index contributed by atoms with van der Waals surface area (Å²) in [5.74, 6) is -0.194. The zero-order valence-corrected chi connectivity index (χ0v) is 11.8. The number of rotatable bonds is 2. The van der Waals surface area contributed by atoms with Crippen LogP contribution in [0.15, 0.2) is 29.0 Å². The van der Waals surface area contributed by atoms with Gasteiger partial charge in [-0.05, 0) is 34.5 Å². The summed E-state index contributed by atoms with van der Waals surface area (Å²) in [5, 5.41) is 0.00932. The Morgan fingerprint density at radius 2 is 1.94 bits per heavy atom. The monoisotopic (exact) mass is 329 g/mol. The van der Waals surface area contributed by atoms with Gasteiger partial charge in [0.1, 0.15) is 11.6 Å². The van der Waals surface area contributed by atoms with Crippen molar-refractivity contribution in [3.05, 3.63) is 56.8 Å². The summed E-state index contributed by atoms with van der Waals surface area (Å²) in [5.41, 5.74) is 7.13. The Bertz CT molecular complexity index is 574. The van der Waals surface area contributed by atoms with E-state index in [9.17, 15) is 4.39 Å². The number of aryl methyl sites for hydroxylation is 1. The molecule has 94 valence electrons. The first kappa shape index (κ1) is 13.4. The topological polar surface area (TPSA) is 51.8 Å². The Balaban J connectivity index is 2.43. The summed E-state index contributed by atoms with van der Waals surface area (Å²) >= 11 is 8.97. The molecule has 2 aromatic rings. The van der Waals surface area contributed by atoms with Gasteiger partial charge in [0.2, 0.25) is 0 Å². The molecule has 1 atom stereocenters. The fraction of sp³-hybridized carbons (Fsp3) is 0.167. The zero-order chi connectivity index (χ0) is 13.3. The number of nitrogens with two attached hydrogens (primary N) is 1. The molecular weight excluding hydrogens is 321 g/mol. The van der Waals surface area contributed by atoms with Crippen LogP contribution < -0.4 is 5.73 Å². The van der Waals surface area contributed by atoms with Crippen molar-refractivity contribution in [2.45, 2.75) is 13.0 Å². The average Bonchev–Trinajstić information content (AvgIpc) is 2.36. The number of nitrogens with zero attached hydrogens (tertiary/aromatic N) is 2. The number of aromatic nitrogens is 2. The standard InChI is InChI=1S/C12H10BrClFN3/c1-6-4-17-12(18-5-6)11(16)7-2-3-8(13)9(14)10(7)15/h2-5,11H,16H2,1H3. The summed E-state index contributed by atoms with van der Waals surface area (Å²) in [7, 11) is 0. The van der Waals surface area contributed by atoms with Crippen molar-refractivity contribution in [1.29, 1.82) is 0 Å². The summed E-state index contributed by atoms with van der Waals surface area (Å²) in [6.07, 6.45) is 3.28. The van der Waals surface area contributed by atoms with E-state index in [-0.39, 0.29) is 10.6 Å². The molecule has 0 saturated carbocycles. The van der Waals surface area contributed by atoms with Crippen molar-refractivity contribution < 1.29 is 4.39 Å². The lowest BCUT2D eigenvalue weighted by Gasteiger charge is -2.13. The van der Waals surface area contributed by atoms with E-state index in [4.69, 9.17) is 17.3 Å². The predicted molar refractivity (Wildman–Crippen MR) is 71.9 cm³/mol. The lowest BCUT2D eigenvalue weighted by atomic mass is 10.1. The molecule has 3 nitrogen and oxygen atoms in total. The highest BCUT2D eigenvalue weighted by Crippen LogP contribution is 2.30. The van der Waals surface area contributed by atoms with Gasteiger partial charge in [0.15, 0.2) is 0 Å². The van der Waals surface area contributed by atoms with Crippen LogP contribution in [-0.2, 0) is 0 Å². The van der Waals surface area contributed by atoms with Gasteiger partial charge in [-0.3, -0.25) is 0 Å². The Morgan fingerprint density at radius 1 is 1.33 bits per heavy atom. The predicted octanol–water partition coefficient (Wildman–Crippen LogP) is 3.39. The Labute approximate surface area is 117 Å². The van der Waals surface area contributed by atoms with Crippen LogP contribution in [0.1, 0.15) is 23.0 Å². The summed E-state index contributed by atoms with van der Waals surface area (Å²) in [6, 6.07) is 2.48. The maximum absolute atomic E-state index is 14.0. The molecule has 1 aromatic carbocycles. The van der Waals surface area contributed by atoms with Gasteiger partial charge in [0.05, 0.1) is 11.1 Å². The van der Waals surface area contributed by atoms with E-state index in [0.29, 0.717) is 10.3 Å². The molecule has 1 aromatic heterocycles. The third-order valence-corrected chi connectivity index (χ3v) is 3.74. The van der Waals surface area contributed by atoms with Crippen molar-refractivity contribution in [1.82, 2.24) is 9.97 Å². The molecule has 0 amide bonds. The van der Waals surface area contributed by atoms with Crippen molar-refractivity contribution in [3.8, 4) is 0 Å². The van der Waals surface area contributed by atoms with Crippen LogP contribution in [-0.4, -0.2) is 9.97 Å². The Morgan fingerprint density at radius 3 is 2.56 bits per heavy atom. The maximum atomic E-state index is 14.0. The minimum Gasteiger partial charge on any atom is -0.318 e. The van der Waals surface area contributed by atoms with Crippen molar-refractivity contribution in [3.63, 3.8) is 0 Å². The Hall–Kier alpha value is -1.04. The van der Waals surface area contributed by atoms with E-state index < -0.39 is 11.9 Å². The molecule has 0 spiro atoms. The van der Waals surface area contributed by atoms with Crippen LogP contribution in [0.3, 0.4) is 0 Å². The lowest BCUT2D eigenvalue weighted by Crippen LogP contribution is -2.17. The molecule has 0 saturated heterocycles. The van der Waals surface area contributed by atoms with Gasteiger partial charge in [-0.15, -0.1) is 0 Å². The van der Waals surface area contributed by atoms with Crippen LogP contribution in [0.4, 0.5) is 4.39 Å². The smallest absolute Gasteiger partial charge is 0.149 e. The highest BCUT2D eigenvalue weighted by atomic mass is 79.9. The van der Waals surface area contributed by atoms with Gasteiger partial charge < -0.3 is 5.73 Å². The SMILES string of the molecule is Cc1cnc(C(N)c2ccc(Br)c(Cl)c2F)nc1. The first-order valence-corrected chi connectivity index (χ1v) is 6.35. The molecule has 1 unspecified atom stereocenters. The van der Waals surface area contributed by atoms with Crippen molar-refractivity contribution in [2.24, 2.45) is 5.73 Å². The third kappa shape index (κ3) is 2.53. The summed E-state index contributed by atoms with van der Waals surface area (Å²) < 4.78 is 14.5. The second kappa shape index (κ2) is 5.30. The quantitative estimate of drug-likeness (QED) is 0.859. The maximum Gasteiger partial charge on any atom is 0.149 e. The molecule has 0 radical (unpaired) electrons. The van der Waals surface area contributed by atoms with Gasteiger partial charge in [0, 0.05) is 22.4 Å². The van der Waals surface area contributed by atoms with Crippen LogP contribution in [0, 0.1) is 12.7 Å². The van der Waals surface area contributed by atoms with E-state index in [0.717, 1.165) is 5.56 Å². The third-order valence-electron chi connectivity index (χ3n) is 2.48. The zero-order valence-electron chi connectivity index (χ0n) is 9.49. The minimum atomic E-state index is -0.740. The van der Waals surface area contributed by atoms with Crippen LogP contribution in [0.25, 0.3) is 0 Å². The van der Waals surface area contributed by atoms with E-state index in [1.165, 1.54) is 0 Å². The van der Waals surface area contributed by atoms with E-state index in [1.54, 1.807) is 24.5 Å². The molecule has 2 rings (SSSR count). The molecule has 6 heteroatoms. The van der Waals surface area contributed by atoms with Crippen LogP contribution in [0.2, 0.25) is 5.02 Å². The average molecular weight is 331 g/mol. The molecule has 0 aliphatic carbocycles. The van der Waals surface area contributed by atoms with E-state index >= 15 is 0 Å². The molecule has 0 fully saturated rings. The molecular formula is C12H10BrClFN3. The highest BCUT2D eigenvalue weighted by molar-refractivity contribution is 9.10. The first-order chi connectivity index (χ1) is 8.50. The highest BCUT2D eigenvalue weighted by Gasteiger charge is 2.19. The summed E-state index contributed by atoms with van der Waals surface area (Å²) in [6.45, 7) is 1.87. The number of hydrogen-bond donors (Lipinski definition) is 1. The number of halogens is 3. The minimum absolute atomic E-state index is 0.00932. The van der Waals surface area contributed by atoms with E-state index in [1.807, 2.05) is 6.92 Å². The second-order valence-electron chi connectivity index (χ2n) is 3.86. The Kier molecular flexibility index (Phi) is 3.94. The molecule has 18 heavy (non-hydrogen) atoms. The lowest BCUT2D eigenvalue weighted by molar-refractivity contribution is 0.593. The largest absolute Gasteiger partial charge is 0.318 e. The van der Waals surface area contributed by atoms with Gasteiger partial charge in [-0.25, -0.2) is 14.4 Å². The van der Waals surface area contributed by atoms with E-state index in [2.05, 4.69) is 25.9 Å². The molecule has 2 N–H and O–H groups in total. The fourth-order valence-electron chi connectivity index (χ4n) is 1.48. The van der Waals surface area contributed by atoms with Crippen LogP contribution in [0.5, 0.6) is 0 Å². The second-order valence-corrected chi connectivity index (χ2v) is 5.09. The van der Waals surface area contributed by atoms with Crippen molar-refractivity contribution in [2.75, 3.05) is 0 Å².